The molecule has 2 aliphatic rings. The summed E-state index contributed by atoms with van der Waals surface area (Å²) in [5, 5.41) is 16.5. The number of aliphatic hydroxyl groups is 1. The van der Waals surface area contributed by atoms with E-state index in [1.807, 2.05) is 6.07 Å². The molecule has 1 aromatic carbocycles. The number of carbonyl (C=O) groups is 2. The smallest absolute Gasteiger partial charge is 0.251 e. The van der Waals surface area contributed by atoms with E-state index in [2.05, 4.69) is 38.7 Å². The number of pyridine rings is 1. The molecule has 0 saturated carbocycles. The van der Waals surface area contributed by atoms with Gasteiger partial charge in [-0.3, -0.25) is 14.5 Å². The Morgan fingerprint density at radius 3 is 2.77 bits per heavy atom. The predicted molar refractivity (Wildman–Crippen MR) is 118 cm³/mol. The van der Waals surface area contributed by atoms with Gasteiger partial charge in [0.2, 0.25) is 5.91 Å². The summed E-state index contributed by atoms with van der Waals surface area (Å²) in [4.78, 5) is 32.0. The van der Waals surface area contributed by atoms with E-state index in [0.717, 1.165) is 19.5 Å². The number of hydrogen-bond donors (Lipinski definition) is 3. The molecule has 2 aliphatic heterocycles. The Kier molecular flexibility index (Phi) is 6.48. The van der Waals surface area contributed by atoms with E-state index in [9.17, 15) is 14.7 Å². The van der Waals surface area contributed by atoms with Crippen LogP contribution in [0.15, 0.2) is 42.6 Å². The van der Waals surface area contributed by atoms with Gasteiger partial charge in [0, 0.05) is 58.0 Å². The zero-order valence-corrected chi connectivity index (χ0v) is 17.8. The van der Waals surface area contributed by atoms with E-state index in [1.165, 1.54) is 11.1 Å². The molecule has 0 aliphatic carbocycles. The quantitative estimate of drug-likeness (QED) is 0.612. The Morgan fingerprint density at radius 1 is 1.23 bits per heavy atom. The van der Waals surface area contributed by atoms with Crippen LogP contribution >= 0.6 is 0 Å². The summed E-state index contributed by atoms with van der Waals surface area (Å²) in [6, 6.07) is 11.9. The molecule has 0 bridgehead atoms. The lowest BCUT2D eigenvalue weighted by Gasteiger charge is -2.39. The highest BCUT2D eigenvalue weighted by Crippen LogP contribution is 2.18. The zero-order valence-electron chi connectivity index (χ0n) is 17.8. The first-order valence-electron chi connectivity index (χ1n) is 10.7. The molecule has 31 heavy (non-hydrogen) atoms. The largest absolute Gasteiger partial charge is 0.390 e. The summed E-state index contributed by atoms with van der Waals surface area (Å²) >= 11 is 0. The van der Waals surface area contributed by atoms with E-state index in [4.69, 9.17) is 0 Å². The van der Waals surface area contributed by atoms with Crippen molar-refractivity contribution in [1.82, 2.24) is 20.1 Å². The van der Waals surface area contributed by atoms with Crippen molar-refractivity contribution in [3.63, 3.8) is 0 Å². The molecular weight excluding hydrogens is 394 g/mol. The first-order chi connectivity index (χ1) is 15.0. The number of aromatic nitrogens is 1. The van der Waals surface area contributed by atoms with Gasteiger partial charge in [0.1, 0.15) is 5.82 Å². The fourth-order valence-electron chi connectivity index (χ4n) is 4.07. The molecule has 1 aromatic heterocycles. The van der Waals surface area contributed by atoms with Crippen LogP contribution in [0.1, 0.15) is 28.4 Å². The molecule has 3 N–H and O–H groups in total. The molecule has 1 atom stereocenters. The number of rotatable bonds is 7. The minimum Gasteiger partial charge on any atom is -0.390 e. The van der Waals surface area contributed by atoms with Gasteiger partial charge in [-0.2, -0.15) is 0 Å². The monoisotopic (exact) mass is 423 g/mol. The summed E-state index contributed by atoms with van der Waals surface area (Å²) < 4.78 is 0. The number of nitrogens with one attached hydrogen (secondary N) is 2. The third kappa shape index (κ3) is 5.39. The van der Waals surface area contributed by atoms with E-state index in [0.29, 0.717) is 31.0 Å². The number of hydrogen-bond acceptors (Lipinski definition) is 6. The number of aliphatic hydroxyl groups excluding tert-OH is 1. The van der Waals surface area contributed by atoms with E-state index in [-0.39, 0.29) is 24.4 Å². The number of benzene rings is 1. The van der Waals surface area contributed by atoms with Gasteiger partial charge in [0.15, 0.2) is 0 Å². The summed E-state index contributed by atoms with van der Waals surface area (Å²) in [6.07, 6.45) is 1.93. The fraction of sp³-hybridized carbons (Fsp3) is 0.435. The third-order valence-electron chi connectivity index (χ3n) is 5.88. The van der Waals surface area contributed by atoms with Gasteiger partial charge in [-0.05, 0) is 29.7 Å². The second-order valence-electron chi connectivity index (χ2n) is 8.31. The first-order valence-corrected chi connectivity index (χ1v) is 10.7. The van der Waals surface area contributed by atoms with Crippen LogP contribution in [0.3, 0.4) is 0 Å². The summed E-state index contributed by atoms with van der Waals surface area (Å²) in [6.45, 7) is 5.27. The van der Waals surface area contributed by atoms with Crippen molar-refractivity contribution in [3.8, 4) is 0 Å². The summed E-state index contributed by atoms with van der Waals surface area (Å²) in [5.41, 5.74) is 3.17. The van der Waals surface area contributed by atoms with Gasteiger partial charge < -0.3 is 20.6 Å². The number of likely N-dealkylation sites (tertiary alicyclic amines) is 1. The average Bonchev–Trinajstić information content (AvgIpc) is 2.74. The van der Waals surface area contributed by atoms with Crippen molar-refractivity contribution in [2.24, 2.45) is 0 Å². The van der Waals surface area contributed by atoms with Crippen LogP contribution in [-0.4, -0.2) is 76.6 Å². The maximum atomic E-state index is 12.5. The van der Waals surface area contributed by atoms with E-state index >= 15 is 0 Å². The molecule has 0 spiro atoms. The molecule has 1 saturated heterocycles. The average molecular weight is 424 g/mol. The SMILES string of the molecule is CC(=O)N1CC(Nc2cc(C(=O)NC[C@H](O)CN3CCc4ccccc4C3)ccn2)C1. The van der Waals surface area contributed by atoms with Crippen LogP contribution in [0.4, 0.5) is 5.82 Å². The van der Waals surface area contributed by atoms with Crippen LogP contribution in [0, 0.1) is 0 Å². The number of β-amino-alcohol motifs (C(OH)–C–C–N with tert-alkyl or cyclic N) is 1. The Morgan fingerprint density at radius 2 is 2.00 bits per heavy atom. The summed E-state index contributed by atoms with van der Waals surface area (Å²) in [5.74, 6) is 0.423. The standard InChI is InChI=1S/C23H29N5O3/c1-16(29)28-13-20(14-28)26-22-10-18(6-8-24-22)23(31)25-11-21(30)15-27-9-7-17-4-2-3-5-19(17)12-27/h2-6,8,10,20-21,30H,7,9,11-15H2,1H3,(H,24,26)(H,25,31)/t21-/m0/s1. The van der Waals surface area contributed by atoms with Crippen molar-refractivity contribution >= 4 is 17.6 Å². The maximum absolute atomic E-state index is 12.5. The van der Waals surface area contributed by atoms with Crippen molar-refractivity contribution in [2.75, 3.05) is 38.0 Å². The van der Waals surface area contributed by atoms with Crippen LogP contribution in [0.25, 0.3) is 0 Å². The van der Waals surface area contributed by atoms with Crippen molar-refractivity contribution in [2.45, 2.75) is 32.0 Å². The van der Waals surface area contributed by atoms with Gasteiger partial charge in [-0.1, -0.05) is 24.3 Å². The molecule has 2 aromatic rings. The zero-order chi connectivity index (χ0) is 21.8. The Labute approximate surface area is 182 Å². The predicted octanol–water partition coefficient (Wildman–Crippen LogP) is 0.873. The van der Waals surface area contributed by atoms with Gasteiger partial charge in [-0.25, -0.2) is 4.98 Å². The van der Waals surface area contributed by atoms with Gasteiger partial charge >= 0.3 is 0 Å². The Bertz CT molecular complexity index is 944. The second-order valence-corrected chi connectivity index (χ2v) is 8.31. The lowest BCUT2D eigenvalue weighted by Crippen LogP contribution is -2.56. The molecule has 2 amide bonds. The van der Waals surface area contributed by atoms with E-state index in [1.54, 1.807) is 30.2 Å². The Balaban J connectivity index is 1.23. The highest BCUT2D eigenvalue weighted by Gasteiger charge is 2.28. The number of nitrogens with zero attached hydrogens (tertiary/aromatic N) is 3. The van der Waals surface area contributed by atoms with Crippen LogP contribution in [0.5, 0.6) is 0 Å². The maximum Gasteiger partial charge on any atom is 0.251 e. The highest BCUT2D eigenvalue weighted by atomic mass is 16.3. The molecular formula is C23H29N5O3. The normalized spacial score (nSPS) is 17.4. The van der Waals surface area contributed by atoms with Gasteiger partial charge in [0.05, 0.1) is 12.1 Å². The molecule has 3 heterocycles. The first kappa shape index (κ1) is 21.3. The minimum absolute atomic E-state index is 0.0615. The summed E-state index contributed by atoms with van der Waals surface area (Å²) in [7, 11) is 0. The van der Waals surface area contributed by atoms with E-state index < -0.39 is 6.10 Å². The van der Waals surface area contributed by atoms with Gasteiger partial charge in [0.25, 0.3) is 5.91 Å². The molecule has 0 radical (unpaired) electrons. The molecule has 8 nitrogen and oxygen atoms in total. The van der Waals surface area contributed by atoms with Crippen LogP contribution in [-0.2, 0) is 17.8 Å². The number of anilines is 1. The number of carbonyl (C=O) groups excluding carboxylic acids is 2. The second kappa shape index (κ2) is 9.45. The lowest BCUT2D eigenvalue weighted by atomic mass is 10.00. The molecule has 164 valence electrons. The fourth-order valence-corrected chi connectivity index (χ4v) is 4.07. The van der Waals surface area contributed by atoms with Crippen molar-refractivity contribution in [3.05, 3.63) is 59.3 Å². The lowest BCUT2D eigenvalue weighted by molar-refractivity contribution is -0.132. The van der Waals surface area contributed by atoms with Crippen molar-refractivity contribution < 1.29 is 14.7 Å². The van der Waals surface area contributed by atoms with Gasteiger partial charge in [-0.15, -0.1) is 0 Å². The molecule has 0 unspecified atom stereocenters. The van der Waals surface area contributed by atoms with Crippen LogP contribution in [0.2, 0.25) is 0 Å². The highest BCUT2D eigenvalue weighted by molar-refractivity contribution is 5.94. The molecule has 1 fully saturated rings. The van der Waals surface area contributed by atoms with Crippen LogP contribution < -0.4 is 10.6 Å². The number of amides is 2. The molecule has 8 heteroatoms. The minimum atomic E-state index is -0.638. The Hall–Kier alpha value is -2.97. The molecule has 4 rings (SSSR count). The number of fused-ring (bicyclic) bond motifs is 1. The topological polar surface area (TPSA) is 97.8 Å². The third-order valence-corrected chi connectivity index (χ3v) is 5.88. The van der Waals surface area contributed by atoms with Crippen molar-refractivity contribution in [1.29, 1.82) is 0 Å².